The SMILES string of the molecule is NC(=O)C(NCC1SCCc2ccccc21)c1ccccc1. The van der Waals surface area contributed by atoms with E-state index in [-0.39, 0.29) is 5.91 Å². The average Bonchev–Trinajstić information content (AvgIpc) is 2.56. The predicted molar refractivity (Wildman–Crippen MR) is 91.7 cm³/mol. The van der Waals surface area contributed by atoms with E-state index in [1.54, 1.807) is 0 Å². The Labute approximate surface area is 135 Å². The molecule has 1 amide bonds. The monoisotopic (exact) mass is 312 g/mol. The van der Waals surface area contributed by atoms with E-state index in [1.165, 1.54) is 11.1 Å². The van der Waals surface area contributed by atoms with Crippen LogP contribution in [0.2, 0.25) is 0 Å². The molecule has 3 N–H and O–H groups in total. The standard InChI is InChI=1S/C18H20N2OS/c19-18(21)17(14-7-2-1-3-8-14)20-12-16-15-9-5-4-6-13(15)10-11-22-16/h1-9,16-17,20H,10-12H2,(H2,19,21). The quantitative estimate of drug-likeness (QED) is 0.892. The molecule has 22 heavy (non-hydrogen) atoms. The lowest BCUT2D eigenvalue weighted by molar-refractivity contribution is -0.120. The summed E-state index contributed by atoms with van der Waals surface area (Å²) in [6.45, 7) is 0.740. The van der Waals surface area contributed by atoms with Crippen LogP contribution in [0.1, 0.15) is 28.0 Å². The molecular formula is C18H20N2OS. The fourth-order valence-corrected chi connectivity index (χ4v) is 4.14. The first kappa shape index (κ1) is 15.1. The Bertz CT molecular complexity index is 645. The maximum absolute atomic E-state index is 11.8. The Morgan fingerprint density at radius 2 is 1.91 bits per heavy atom. The molecule has 0 fully saturated rings. The van der Waals surface area contributed by atoms with Crippen LogP contribution in [0.15, 0.2) is 54.6 Å². The van der Waals surface area contributed by atoms with E-state index in [1.807, 2.05) is 42.1 Å². The van der Waals surface area contributed by atoms with E-state index >= 15 is 0 Å². The van der Waals surface area contributed by atoms with Crippen molar-refractivity contribution in [3.63, 3.8) is 0 Å². The second kappa shape index (κ2) is 6.99. The Morgan fingerprint density at radius 3 is 2.68 bits per heavy atom. The number of carbonyl (C=O) groups is 1. The number of fused-ring (bicyclic) bond motifs is 1. The van der Waals surface area contributed by atoms with Gasteiger partial charge in [0.25, 0.3) is 0 Å². The largest absolute Gasteiger partial charge is 0.368 e. The third kappa shape index (κ3) is 3.34. The number of thioether (sulfide) groups is 1. The Hall–Kier alpha value is -1.78. The normalized spacial score (nSPS) is 18.5. The maximum atomic E-state index is 11.8. The van der Waals surface area contributed by atoms with Crippen LogP contribution in [0, 0.1) is 0 Å². The summed E-state index contributed by atoms with van der Waals surface area (Å²) in [7, 11) is 0. The molecule has 2 unspecified atom stereocenters. The summed E-state index contributed by atoms with van der Waals surface area (Å²) in [5, 5.41) is 3.72. The Morgan fingerprint density at radius 1 is 1.18 bits per heavy atom. The highest BCUT2D eigenvalue weighted by Gasteiger charge is 2.23. The Kier molecular flexibility index (Phi) is 4.80. The molecule has 1 heterocycles. The molecule has 3 rings (SSSR count). The lowest BCUT2D eigenvalue weighted by Gasteiger charge is -2.27. The van der Waals surface area contributed by atoms with Gasteiger partial charge in [-0.25, -0.2) is 0 Å². The first-order valence-electron chi connectivity index (χ1n) is 7.53. The van der Waals surface area contributed by atoms with Gasteiger partial charge in [0.1, 0.15) is 6.04 Å². The summed E-state index contributed by atoms with van der Waals surface area (Å²) in [6.07, 6.45) is 1.12. The second-order valence-electron chi connectivity index (χ2n) is 5.46. The number of aryl methyl sites for hydroxylation is 1. The van der Waals surface area contributed by atoms with Crippen molar-refractivity contribution in [3.05, 3.63) is 71.3 Å². The summed E-state index contributed by atoms with van der Waals surface area (Å²) in [4.78, 5) is 11.8. The van der Waals surface area contributed by atoms with Gasteiger partial charge in [-0.15, -0.1) is 0 Å². The number of hydrogen-bond donors (Lipinski definition) is 2. The molecule has 0 saturated heterocycles. The van der Waals surface area contributed by atoms with Gasteiger partial charge in [0.05, 0.1) is 0 Å². The molecule has 2 atom stereocenters. The van der Waals surface area contributed by atoms with Crippen LogP contribution in [-0.4, -0.2) is 18.2 Å². The topological polar surface area (TPSA) is 55.1 Å². The van der Waals surface area contributed by atoms with Gasteiger partial charge in [0, 0.05) is 11.8 Å². The molecule has 0 radical (unpaired) electrons. The highest BCUT2D eigenvalue weighted by Crippen LogP contribution is 2.36. The van der Waals surface area contributed by atoms with E-state index in [0.717, 1.165) is 24.3 Å². The number of rotatable bonds is 5. The van der Waals surface area contributed by atoms with E-state index in [4.69, 9.17) is 5.73 Å². The summed E-state index contributed by atoms with van der Waals surface area (Å²) in [5.74, 6) is 0.788. The van der Waals surface area contributed by atoms with Crippen LogP contribution >= 0.6 is 11.8 Å². The molecular weight excluding hydrogens is 292 g/mol. The van der Waals surface area contributed by atoms with Gasteiger partial charge >= 0.3 is 0 Å². The van der Waals surface area contributed by atoms with E-state index in [9.17, 15) is 4.79 Å². The van der Waals surface area contributed by atoms with Crippen LogP contribution in [-0.2, 0) is 11.2 Å². The van der Waals surface area contributed by atoms with Crippen molar-refractivity contribution in [2.24, 2.45) is 5.73 Å². The molecule has 0 aliphatic carbocycles. The van der Waals surface area contributed by atoms with Gasteiger partial charge in [-0.1, -0.05) is 54.6 Å². The zero-order valence-electron chi connectivity index (χ0n) is 12.4. The molecule has 0 saturated carbocycles. The van der Waals surface area contributed by atoms with Gasteiger partial charge < -0.3 is 11.1 Å². The number of hydrogen-bond acceptors (Lipinski definition) is 3. The second-order valence-corrected chi connectivity index (χ2v) is 6.77. The van der Waals surface area contributed by atoms with Gasteiger partial charge in [-0.05, 0) is 28.9 Å². The number of benzene rings is 2. The molecule has 1 aliphatic rings. The highest BCUT2D eigenvalue weighted by molar-refractivity contribution is 7.99. The third-order valence-corrected chi connectivity index (χ3v) is 5.28. The van der Waals surface area contributed by atoms with E-state index in [0.29, 0.717) is 5.25 Å². The summed E-state index contributed by atoms with van der Waals surface area (Å²) in [6, 6.07) is 17.8. The highest BCUT2D eigenvalue weighted by atomic mass is 32.2. The molecule has 0 aromatic heterocycles. The molecule has 2 aromatic rings. The van der Waals surface area contributed by atoms with Crippen molar-refractivity contribution in [2.45, 2.75) is 17.7 Å². The van der Waals surface area contributed by atoms with Crippen LogP contribution in [0.5, 0.6) is 0 Å². The minimum Gasteiger partial charge on any atom is -0.368 e. The maximum Gasteiger partial charge on any atom is 0.239 e. The summed E-state index contributed by atoms with van der Waals surface area (Å²) >= 11 is 1.94. The number of nitrogens with one attached hydrogen (secondary N) is 1. The molecule has 2 aromatic carbocycles. The van der Waals surface area contributed by atoms with Gasteiger partial charge in [-0.2, -0.15) is 11.8 Å². The van der Waals surface area contributed by atoms with Crippen molar-refractivity contribution >= 4 is 17.7 Å². The van der Waals surface area contributed by atoms with Crippen LogP contribution in [0.4, 0.5) is 0 Å². The molecule has 0 spiro atoms. The van der Waals surface area contributed by atoms with Gasteiger partial charge in [-0.3, -0.25) is 4.79 Å². The summed E-state index contributed by atoms with van der Waals surface area (Å²) < 4.78 is 0. The first-order chi connectivity index (χ1) is 10.8. The zero-order valence-corrected chi connectivity index (χ0v) is 13.2. The first-order valence-corrected chi connectivity index (χ1v) is 8.57. The number of primary amides is 1. The average molecular weight is 312 g/mol. The third-order valence-electron chi connectivity index (χ3n) is 4.02. The number of carbonyl (C=O) groups excluding carboxylic acids is 1. The molecule has 0 bridgehead atoms. The fraction of sp³-hybridized carbons (Fsp3) is 0.278. The summed E-state index contributed by atoms with van der Waals surface area (Å²) in [5.41, 5.74) is 9.29. The molecule has 1 aliphatic heterocycles. The van der Waals surface area contributed by atoms with Crippen LogP contribution in [0.3, 0.4) is 0 Å². The fourth-order valence-electron chi connectivity index (χ4n) is 2.90. The minimum atomic E-state index is -0.434. The van der Waals surface area contributed by atoms with Crippen LogP contribution < -0.4 is 11.1 Å². The van der Waals surface area contributed by atoms with Crippen molar-refractivity contribution in [2.75, 3.05) is 12.3 Å². The number of nitrogens with two attached hydrogens (primary N) is 1. The Balaban J connectivity index is 1.73. The minimum absolute atomic E-state index is 0.333. The van der Waals surface area contributed by atoms with Gasteiger partial charge in [0.2, 0.25) is 5.91 Å². The predicted octanol–water partition coefficient (Wildman–Crippen LogP) is 2.83. The van der Waals surface area contributed by atoms with Crippen molar-refractivity contribution in [1.29, 1.82) is 0 Å². The lowest BCUT2D eigenvalue weighted by atomic mass is 10.0. The molecule has 114 valence electrons. The van der Waals surface area contributed by atoms with Crippen molar-refractivity contribution < 1.29 is 4.79 Å². The molecule has 3 nitrogen and oxygen atoms in total. The number of amides is 1. The van der Waals surface area contributed by atoms with E-state index < -0.39 is 6.04 Å². The van der Waals surface area contributed by atoms with Crippen molar-refractivity contribution in [3.8, 4) is 0 Å². The van der Waals surface area contributed by atoms with Crippen molar-refractivity contribution in [1.82, 2.24) is 5.32 Å². The lowest BCUT2D eigenvalue weighted by Crippen LogP contribution is -2.36. The van der Waals surface area contributed by atoms with Crippen LogP contribution in [0.25, 0.3) is 0 Å². The van der Waals surface area contributed by atoms with E-state index in [2.05, 4.69) is 29.6 Å². The molecule has 4 heteroatoms. The van der Waals surface area contributed by atoms with Gasteiger partial charge in [0.15, 0.2) is 0 Å². The zero-order chi connectivity index (χ0) is 15.4. The smallest absolute Gasteiger partial charge is 0.239 e.